The van der Waals surface area contributed by atoms with E-state index in [4.69, 9.17) is 0 Å². The van der Waals surface area contributed by atoms with Crippen LogP contribution in [0.1, 0.15) is 69.5 Å². The van der Waals surface area contributed by atoms with E-state index in [-0.39, 0.29) is 11.3 Å². The van der Waals surface area contributed by atoms with Gasteiger partial charge in [0.1, 0.15) is 0 Å². The minimum atomic E-state index is 0.0359. The van der Waals surface area contributed by atoms with Gasteiger partial charge >= 0.3 is 0 Å². The van der Waals surface area contributed by atoms with Crippen molar-refractivity contribution in [1.29, 1.82) is 0 Å². The summed E-state index contributed by atoms with van der Waals surface area (Å²) in [5, 5.41) is 11.1. The molecular weight excluding hydrogens is 274 g/mol. The molecule has 0 amide bonds. The van der Waals surface area contributed by atoms with Gasteiger partial charge < -0.3 is 5.21 Å². The molecule has 22 heavy (non-hydrogen) atoms. The minimum absolute atomic E-state index is 0.0359. The smallest absolute Gasteiger partial charge is 0.192 e. The molecule has 3 heteroatoms. The molecule has 1 aromatic heterocycles. The summed E-state index contributed by atoms with van der Waals surface area (Å²) >= 11 is 0. The summed E-state index contributed by atoms with van der Waals surface area (Å²) in [6.45, 7) is 6.14. The Morgan fingerprint density at radius 2 is 1.82 bits per heavy atom. The van der Waals surface area contributed by atoms with Crippen molar-refractivity contribution in [2.24, 2.45) is 0 Å². The Morgan fingerprint density at radius 1 is 1.14 bits per heavy atom. The van der Waals surface area contributed by atoms with E-state index in [0.717, 1.165) is 18.5 Å². The highest BCUT2D eigenvalue weighted by atomic mass is 16.5. The summed E-state index contributed by atoms with van der Waals surface area (Å²) < 4.78 is 1.22. The van der Waals surface area contributed by atoms with Gasteiger partial charge in [0.2, 0.25) is 0 Å². The lowest BCUT2D eigenvalue weighted by atomic mass is 9.94. The van der Waals surface area contributed by atoms with Crippen LogP contribution in [-0.2, 0) is 0 Å². The Labute approximate surface area is 132 Å². The third-order valence-corrected chi connectivity index (χ3v) is 4.54. The average Bonchev–Trinajstić information content (AvgIpc) is 2.53. The summed E-state index contributed by atoms with van der Waals surface area (Å²) in [7, 11) is 0. The van der Waals surface area contributed by atoms with Crippen LogP contribution in [0.3, 0.4) is 0 Å². The minimum Gasteiger partial charge on any atom is -0.428 e. The second-order valence-electron chi connectivity index (χ2n) is 6.27. The van der Waals surface area contributed by atoms with E-state index in [1.807, 2.05) is 19.1 Å². The van der Waals surface area contributed by atoms with Gasteiger partial charge in [-0.25, -0.2) is 0 Å². The second kappa shape index (κ2) is 7.48. The van der Waals surface area contributed by atoms with Crippen LogP contribution in [0.5, 0.6) is 0 Å². The van der Waals surface area contributed by atoms with Crippen LogP contribution in [-0.4, -0.2) is 9.94 Å². The molecule has 0 fully saturated rings. The largest absolute Gasteiger partial charge is 0.428 e. The quantitative estimate of drug-likeness (QED) is 0.577. The van der Waals surface area contributed by atoms with Gasteiger partial charge in [-0.3, -0.25) is 4.79 Å². The zero-order valence-corrected chi connectivity index (χ0v) is 13.9. The van der Waals surface area contributed by atoms with Crippen molar-refractivity contribution in [2.75, 3.05) is 0 Å². The third-order valence-electron chi connectivity index (χ3n) is 4.54. The van der Waals surface area contributed by atoms with Crippen molar-refractivity contribution < 1.29 is 5.21 Å². The van der Waals surface area contributed by atoms with E-state index in [2.05, 4.69) is 13.8 Å². The molecule has 1 aromatic carbocycles. The fourth-order valence-electron chi connectivity index (χ4n) is 3.23. The Balaban J connectivity index is 2.25. The number of benzene rings is 1. The molecule has 0 saturated heterocycles. The number of para-hydroxylation sites is 1. The number of rotatable bonds is 7. The van der Waals surface area contributed by atoms with Crippen LogP contribution in [0.25, 0.3) is 10.9 Å². The standard InChI is InChI=1S/C19H27NO2/c1-4-5-6-7-8-11-14(2)18-15(3)19(21)16-12-9-10-13-17(16)20(18)22/h9-10,12-14,22H,4-8,11H2,1-3H3. The van der Waals surface area contributed by atoms with Crippen molar-refractivity contribution in [3.05, 3.63) is 45.7 Å². The van der Waals surface area contributed by atoms with Gasteiger partial charge in [-0.15, -0.1) is 0 Å². The third kappa shape index (κ3) is 3.34. The highest BCUT2D eigenvalue weighted by Gasteiger charge is 2.18. The molecule has 0 aliphatic rings. The lowest BCUT2D eigenvalue weighted by Crippen LogP contribution is -2.19. The van der Waals surface area contributed by atoms with Crippen LogP contribution < -0.4 is 5.43 Å². The fraction of sp³-hybridized carbons (Fsp3) is 0.526. The average molecular weight is 301 g/mol. The van der Waals surface area contributed by atoms with Gasteiger partial charge in [-0.1, -0.05) is 58.1 Å². The summed E-state index contributed by atoms with van der Waals surface area (Å²) in [5.41, 5.74) is 2.07. The molecule has 0 saturated carbocycles. The lowest BCUT2D eigenvalue weighted by Gasteiger charge is -2.19. The van der Waals surface area contributed by atoms with Gasteiger partial charge in [0.05, 0.1) is 11.2 Å². The predicted octanol–water partition coefficient (Wildman–Crippen LogP) is 5.01. The van der Waals surface area contributed by atoms with Crippen molar-refractivity contribution in [1.82, 2.24) is 4.73 Å². The van der Waals surface area contributed by atoms with E-state index < -0.39 is 0 Å². The first-order valence-corrected chi connectivity index (χ1v) is 8.41. The summed E-state index contributed by atoms with van der Waals surface area (Å²) in [6.07, 6.45) is 7.17. The normalized spacial score (nSPS) is 12.7. The molecule has 3 nitrogen and oxygen atoms in total. The number of nitrogens with zero attached hydrogens (tertiary/aromatic N) is 1. The second-order valence-corrected chi connectivity index (χ2v) is 6.27. The molecule has 2 aromatic rings. The highest BCUT2D eigenvalue weighted by molar-refractivity contribution is 5.79. The van der Waals surface area contributed by atoms with Crippen LogP contribution in [0.2, 0.25) is 0 Å². The SMILES string of the molecule is CCCCCCCC(C)c1c(C)c(=O)c2ccccc2n1O. The topological polar surface area (TPSA) is 42.2 Å². The summed E-state index contributed by atoms with van der Waals surface area (Å²) in [4.78, 5) is 12.5. The molecule has 2 rings (SSSR count). The number of hydrogen-bond acceptors (Lipinski definition) is 2. The molecule has 1 heterocycles. The van der Waals surface area contributed by atoms with Crippen LogP contribution in [0.15, 0.2) is 29.1 Å². The van der Waals surface area contributed by atoms with E-state index >= 15 is 0 Å². The zero-order valence-electron chi connectivity index (χ0n) is 13.9. The first kappa shape index (κ1) is 16.6. The number of aromatic nitrogens is 1. The van der Waals surface area contributed by atoms with E-state index in [1.54, 1.807) is 12.1 Å². The van der Waals surface area contributed by atoms with Gasteiger partial charge in [0, 0.05) is 16.9 Å². The molecule has 0 aliphatic heterocycles. The molecule has 0 aliphatic carbocycles. The Kier molecular flexibility index (Phi) is 5.64. The van der Waals surface area contributed by atoms with Crippen LogP contribution >= 0.6 is 0 Å². The maximum atomic E-state index is 12.5. The van der Waals surface area contributed by atoms with Gasteiger partial charge in [0.25, 0.3) is 0 Å². The Bertz CT molecular complexity index is 688. The molecular formula is C19H27NO2. The molecule has 1 atom stereocenters. The number of hydrogen-bond donors (Lipinski definition) is 1. The molecule has 0 bridgehead atoms. The van der Waals surface area contributed by atoms with Crippen LogP contribution in [0, 0.1) is 6.92 Å². The monoisotopic (exact) mass is 301 g/mol. The fourth-order valence-corrected chi connectivity index (χ4v) is 3.23. The maximum Gasteiger partial charge on any atom is 0.192 e. The zero-order chi connectivity index (χ0) is 16.1. The lowest BCUT2D eigenvalue weighted by molar-refractivity contribution is 0.182. The number of pyridine rings is 1. The molecule has 0 radical (unpaired) electrons. The Hall–Kier alpha value is -1.77. The molecule has 1 N–H and O–H groups in total. The van der Waals surface area contributed by atoms with E-state index in [0.29, 0.717) is 16.5 Å². The van der Waals surface area contributed by atoms with Gasteiger partial charge in [-0.05, 0) is 25.5 Å². The number of fused-ring (bicyclic) bond motifs is 1. The number of unbranched alkanes of at least 4 members (excludes halogenated alkanes) is 4. The molecule has 120 valence electrons. The molecule has 1 unspecified atom stereocenters. The van der Waals surface area contributed by atoms with Gasteiger partial charge in [0.15, 0.2) is 5.43 Å². The predicted molar refractivity (Wildman–Crippen MR) is 91.9 cm³/mol. The highest BCUT2D eigenvalue weighted by Crippen LogP contribution is 2.26. The van der Waals surface area contributed by atoms with E-state index in [9.17, 15) is 10.0 Å². The van der Waals surface area contributed by atoms with Gasteiger partial charge in [-0.2, -0.15) is 4.73 Å². The van der Waals surface area contributed by atoms with Crippen LogP contribution in [0.4, 0.5) is 0 Å². The van der Waals surface area contributed by atoms with Crippen molar-refractivity contribution in [2.45, 2.75) is 65.2 Å². The van der Waals surface area contributed by atoms with Crippen molar-refractivity contribution >= 4 is 10.9 Å². The Morgan fingerprint density at radius 3 is 2.55 bits per heavy atom. The summed E-state index contributed by atoms with van der Waals surface area (Å²) in [5.74, 6) is 0.184. The molecule has 0 spiro atoms. The maximum absolute atomic E-state index is 12.5. The summed E-state index contributed by atoms with van der Waals surface area (Å²) in [6, 6.07) is 7.26. The first-order valence-electron chi connectivity index (χ1n) is 8.41. The van der Waals surface area contributed by atoms with E-state index in [1.165, 1.54) is 30.4 Å². The van der Waals surface area contributed by atoms with Crippen molar-refractivity contribution in [3.8, 4) is 0 Å². The van der Waals surface area contributed by atoms with Crippen molar-refractivity contribution in [3.63, 3.8) is 0 Å². The first-order chi connectivity index (χ1) is 10.6.